The Hall–Kier alpha value is -2.73. The number of carbonyl (C=O) groups is 1. The van der Waals surface area contributed by atoms with E-state index in [-0.39, 0.29) is 5.91 Å². The van der Waals surface area contributed by atoms with Gasteiger partial charge in [0.05, 0.1) is 23.4 Å². The zero-order valence-electron chi connectivity index (χ0n) is 15.9. The average Bonchev–Trinajstić information content (AvgIpc) is 3.05. The molecule has 3 aromatic rings. The molecule has 0 bridgehead atoms. The molecule has 0 atom stereocenters. The monoisotopic (exact) mass is 454 g/mol. The predicted octanol–water partition coefficient (Wildman–Crippen LogP) is 6.81. The van der Waals surface area contributed by atoms with Crippen LogP contribution in [0.25, 0.3) is 6.08 Å². The van der Waals surface area contributed by atoms with E-state index < -0.39 is 0 Å². The van der Waals surface area contributed by atoms with Gasteiger partial charge in [-0.15, -0.1) is 0 Å². The molecule has 4 rings (SSSR count). The van der Waals surface area contributed by atoms with E-state index >= 15 is 0 Å². The van der Waals surface area contributed by atoms with Gasteiger partial charge in [-0.2, -0.15) is 0 Å². The zero-order valence-corrected chi connectivity index (χ0v) is 18.2. The number of carbonyl (C=O) groups excluding carboxylic acids is 1. The molecule has 0 unspecified atom stereocenters. The van der Waals surface area contributed by atoms with E-state index in [9.17, 15) is 4.79 Å². The van der Waals surface area contributed by atoms with E-state index in [0.717, 1.165) is 11.3 Å². The Labute approximate surface area is 188 Å². The number of nitrogens with zero attached hydrogens (tertiary/aromatic N) is 2. The molecule has 30 heavy (non-hydrogen) atoms. The van der Waals surface area contributed by atoms with Crippen LogP contribution < -0.4 is 9.64 Å². The van der Waals surface area contributed by atoms with Crippen molar-refractivity contribution in [3.63, 3.8) is 0 Å². The molecule has 0 N–H and O–H groups in total. The number of hydrogen-bond donors (Lipinski definition) is 0. The van der Waals surface area contributed by atoms with Crippen LogP contribution >= 0.6 is 35.0 Å². The summed E-state index contributed by atoms with van der Waals surface area (Å²) in [6.07, 6.45) is 1.84. The Morgan fingerprint density at radius 1 is 0.967 bits per heavy atom. The van der Waals surface area contributed by atoms with Gasteiger partial charge in [-0.25, -0.2) is 4.99 Å². The predicted molar refractivity (Wildman–Crippen MR) is 126 cm³/mol. The van der Waals surface area contributed by atoms with Crippen molar-refractivity contribution in [1.29, 1.82) is 0 Å². The molecule has 0 aliphatic carbocycles. The first-order valence-corrected chi connectivity index (χ1v) is 10.6. The highest BCUT2D eigenvalue weighted by Crippen LogP contribution is 2.38. The molecule has 1 heterocycles. The number of methoxy groups -OCH3 is 1. The lowest BCUT2D eigenvalue weighted by molar-refractivity contribution is -0.113. The summed E-state index contributed by atoms with van der Waals surface area (Å²) < 4.78 is 5.28. The van der Waals surface area contributed by atoms with E-state index in [1.807, 2.05) is 42.5 Å². The minimum Gasteiger partial charge on any atom is -0.497 e. The highest BCUT2D eigenvalue weighted by Gasteiger charge is 2.34. The minimum atomic E-state index is -0.155. The average molecular weight is 455 g/mol. The maximum Gasteiger partial charge on any atom is 0.271 e. The molecule has 150 valence electrons. The van der Waals surface area contributed by atoms with Gasteiger partial charge in [0, 0.05) is 10.0 Å². The number of halogens is 2. The van der Waals surface area contributed by atoms with E-state index in [2.05, 4.69) is 4.99 Å². The minimum absolute atomic E-state index is 0.155. The van der Waals surface area contributed by atoms with Crippen molar-refractivity contribution in [2.24, 2.45) is 4.99 Å². The number of amidine groups is 1. The molecular weight excluding hydrogens is 439 g/mol. The molecule has 1 amide bonds. The second kappa shape index (κ2) is 8.96. The quantitative estimate of drug-likeness (QED) is 0.406. The van der Waals surface area contributed by atoms with Gasteiger partial charge in [0.1, 0.15) is 5.75 Å². The number of aliphatic imine (C=N–C) groups is 1. The number of ether oxygens (including phenoxy) is 1. The van der Waals surface area contributed by atoms with Crippen LogP contribution in [-0.2, 0) is 4.79 Å². The van der Waals surface area contributed by atoms with Crippen molar-refractivity contribution in [2.75, 3.05) is 12.0 Å². The number of hydrogen-bond acceptors (Lipinski definition) is 4. The molecule has 7 heteroatoms. The third kappa shape index (κ3) is 4.54. The van der Waals surface area contributed by atoms with Crippen LogP contribution in [0.4, 0.5) is 11.4 Å². The van der Waals surface area contributed by atoms with Crippen molar-refractivity contribution >= 4 is 63.5 Å². The Bertz CT molecular complexity index is 1140. The van der Waals surface area contributed by atoms with Gasteiger partial charge in [-0.3, -0.25) is 9.69 Å². The first-order chi connectivity index (χ1) is 14.5. The fraction of sp³-hybridized carbons (Fsp3) is 0.0435. The van der Waals surface area contributed by atoms with Crippen LogP contribution in [0.15, 0.2) is 82.7 Å². The van der Waals surface area contributed by atoms with Crippen molar-refractivity contribution in [2.45, 2.75) is 0 Å². The molecular formula is C23H16Cl2N2O2S. The molecule has 1 aliphatic rings. The first-order valence-electron chi connectivity index (χ1n) is 9.01. The molecule has 0 aromatic heterocycles. The van der Waals surface area contributed by atoms with Crippen molar-refractivity contribution in [3.05, 3.63) is 93.3 Å². The molecule has 0 radical (unpaired) electrons. The van der Waals surface area contributed by atoms with Crippen LogP contribution in [0.2, 0.25) is 10.0 Å². The van der Waals surface area contributed by atoms with Crippen molar-refractivity contribution in [1.82, 2.24) is 0 Å². The first kappa shape index (κ1) is 20.5. The van der Waals surface area contributed by atoms with E-state index in [0.29, 0.717) is 31.5 Å². The van der Waals surface area contributed by atoms with E-state index in [1.54, 1.807) is 48.4 Å². The SMILES string of the molecule is COc1cccc(C=C2SC(=Nc3ccc(Cl)cc3)N(c3ccc(Cl)cc3)C2=O)c1. The van der Waals surface area contributed by atoms with Crippen LogP contribution in [-0.4, -0.2) is 18.2 Å². The van der Waals surface area contributed by atoms with Crippen LogP contribution in [0.5, 0.6) is 5.75 Å². The third-order valence-corrected chi connectivity index (χ3v) is 5.81. The Morgan fingerprint density at radius 2 is 1.63 bits per heavy atom. The number of anilines is 1. The number of benzene rings is 3. The fourth-order valence-corrected chi connectivity index (χ4v) is 4.13. The van der Waals surface area contributed by atoms with Gasteiger partial charge in [0.15, 0.2) is 5.17 Å². The Morgan fingerprint density at radius 3 is 2.30 bits per heavy atom. The lowest BCUT2D eigenvalue weighted by atomic mass is 10.2. The smallest absolute Gasteiger partial charge is 0.271 e. The molecule has 1 fully saturated rings. The Balaban J connectivity index is 1.76. The summed E-state index contributed by atoms with van der Waals surface area (Å²) in [5.74, 6) is 0.572. The van der Waals surface area contributed by atoms with E-state index in [4.69, 9.17) is 27.9 Å². The standard InChI is InChI=1S/C23H16Cl2N2O2S/c1-29-20-4-2-3-15(13-20)14-21-22(28)27(19-11-7-17(25)8-12-19)23(30-21)26-18-9-5-16(24)6-10-18/h2-14H,1H3. The Kier molecular flexibility index (Phi) is 6.13. The lowest BCUT2D eigenvalue weighted by Gasteiger charge is -2.15. The zero-order chi connectivity index (χ0) is 21.1. The summed E-state index contributed by atoms with van der Waals surface area (Å²) in [6, 6.07) is 21.8. The van der Waals surface area contributed by atoms with Gasteiger partial charge in [0.2, 0.25) is 0 Å². The number of thioether (sulfide) groups is 1. The van der Waals surface area contributed by atoms with Crippen molar-refractivity contribution < 1.29 is 9.53 Å². The highest BCUT2D eigenvalue weighted by molar-refractivity contribution is 8.19. The second-order valence-corrected chi connectivity index (χ2v) is 8.26. The molecule has 0 saturated carbocycles. The van der Waals surface area contributed by atoms with Gasteiger partial charge in [-0.05, 0) is 84.1 Å². The largest absolute Gasteiger partial charge is 0.497 e. The highest BCUT2D eigenvalue weighted by atomic mass is 35.5. The summed E-state index contributed by atoms with van der Waals surface area (Å²) in [5, 5.41) is 1.78. The van der Waals surface area contributed by atoms with Crippen LogP contribution in [0, 0.1) is 0 Å². The molecule has 1 aliphatic heterocycles. The van der Waals surface area contributed by atoms with Crippen LogP contribution in [0.3, 0.4) is 0 Å². The summed E-state index contributed by atoms with van der Waals surface area (Å²) >= 11 is 13.3. The number of rotatable bonds is 4. The molecule has 4 nitrogen and oxygen atoms in total. The van der Waals surface area contributed by atoms with Crippen LogP contribution in [0.1, 0.15) is 5.56 Å². The molecule has 1 saturated heterocycles. The normalized spacial score (nSPS) is 16.5. The summed E-state index contributed by atoms with van der Waals surface area (Å²) in [6.45, 7) is 0. The maximum absolute atomic E-state index is 13.3. The topological polar surface area (TPSA) is 41.9 Å². The van der Waals surface area contributed by atoms with Gasteiger partial charge in [0.25, 0.3) is 5.91 Å². The maximum atomic E-state index is 13.3. The van der Waals surface area contributed by atoms with E-state index in [1.165, 1.54) is 11.8 Å². The number of amides is 1. The van der Waals surface area contributed by atoms with Gasteiger partial charge >= 0.3 is 0 Å². The molecule has 0 spiro atoms. The fourth-order valence-electron chi connectivity index (χ4n) is 2.88. The summed E-state index contributed by atoms with van der Waals surface area (Å²) in [4.78, 5) is 20.1. The van der Waals surface area contributed by atoms with Crippen molar-refractivity contribution in [3.8, 4) is 5.75 Å². The van der Waals surface area contributed by atoms with Gasteiger partial charge in [-0.1, -0.05) is 35.3 Å². The molecule has 3 aromatic carbocycles. The lowest BCUT2D eigenvalue weighted by Crippen LogP contribution is -2.28. The van der Waals surface area contributed by atoms with Gasteiger partial charge < -0.3 is 4.74 Å². The summed E-state index contributed by atoms with van der Waals surface area (Å²) in [5.41, 5.74) is 2.27. The second-order valence-electron chi connectivity index (χ2n) is 6.38. The third-order valence-electron chi connectivity index (χ3n) is 4.33. The summed E-state index contributed by atoms with van der Waals surface area (Å²) in [7, 11) is 1.61.